The van der Waals surface area contributed by atoms with Gasteiger partial charge in [-0.15, -0.1) is 0 Å². The predicted octanol–water partition coefficient (Wildman–Crippen LogP) is 2.20. The number of hydrogen-bond donors (Lipinski definition) is 1. The zero-order valence-corrected chi connectivity index (χ0v) is 10.2. The molecule has 3 heteroatoms. The predicted molar refractivity (Wildman–Crippen MR) is 62.7 cm³/mol. The molecular weight excluding hydrogens is 196 g/mol. The Labute approximate surface area is 92.3 Å². The Morgan fingerprint density at radius 2 is 2.14 bits per heavy atom. The summed E-state index contributed by atoms with van der Waals surface area (Å²) in [5, 5.41) is 3.47. The van der Waals surface area contributed by atoms with Crippen molar-refractivity contribution in [1.82, 2.24) is 10.2 Å². The third-order valence-electron chi connectivity index (χ3n) is 3.28. The van der Waals surface area contributed by atoms with Crippen molar-refractivity contribution in [3.8, 4) is 0 Å². The van der Waals surface area contributed by atoms with Crippen molar-refractivity contribution in [3.63, 3.8) is 0 Å². The number of rotatable bonds is 5. The standard InChI is InChI=1S/C11H21ClN2/c1-10(7-12)8-13-9-11(14(2)3)5-4-6-11/h7,13H,4-6,8-9H2,1-3H3. The summed E-state index contributed by atoms with van der Waals surface area (Å²) in [6.07, 6.45) is 4.00. The molecule has 1 N–H and O–H groups in total. The van der Waals surface area contributed by atoms with Gasteiger partial charge in [0.1, 0.15) is 0 Å². The molecule has 0 saturated heterocycles. The molecule has 82 valence electrons. The van der Waals surface area contributed by atoms with Gasteiger partial charge in [-0.1, -0.05) is 11.6 Å². The van der Waals surface area contributed by atoms with Crippen molar-refractivity contribution in [2.24, 2.45) is 0 Å². The Balaban J connectivity index is 2.29. The number of likely N-dealkylation sites (N-methyl/N-ethyl adjacent to an activating group) is 1. The van der Waals surface area contributed by atoms with E-state index >= 15 is 0 Å². The Morgan fingerprint density at radius 3 is 2.50 bits per heavy atom. The first kappa shape index (κ1) is 12.0. The zero-order chi connectivity index (χ0) is 10.6. The second-order valence-corrected chi connectivity index (χ2v) is 4.75. The minimum Gasteiger partial charge on any atom is -0.311 e. The smallest absolute Gasteiger partial charge is 0.0328 e. The van der Waals surface area contributed by atoms with E-state index < -0.39 is 0 Å². The molecule has 2 nitrogen and oxygen atoms in total. The van der Waals surface area contributed by atoms with Gasteiger partial charge in [-0.25, -0.2) is 0 Å². The maximum Gasteiger partial charge on any atom is 0.0328 e. The topological polar surface area (TPSA) is 15.3 Å². The van der Waals surface area contributed by atoms with Crippen LogP contribution in [0.5, 0.6) is 0 Å². The second-order valence-electron chi connectivity index (χ2n) is 4.53. The van der Waals surface area contributed by atoms with Gasteiger partial charge in [-0.05, 0) is 45.9 Å². The summed E-state index contributed by atoms with van der Waals surface area (Å²) in [5.41, 5.74) is 3.25. The molecule has 0 amide bonds. The summed E-state index contributed by atoms with van der Waals surface area (Å²) < 4.78 is 0. The summed E-state index contributed by atoms with van der Waals surface area (Å²) in [7, 11) is 4.34. The van der Waals surface area contributed by atoms with Gasteiger partial charge in [0, 0.05) is 24.2 Å². The first-order chi connectivity index (χ1) is 6.60. The van der Waals surface area contributed by atoms with Gasteiger partial charge in [0.15, 0.2) is 0 Å². The lowest BCUT2D eigenvalue weighted by Crippen LogP contribution is -2.56. The summed E-state index contributed by atoms with van der Waals surface area (Å²) in [5.74, 6) is 0. The van der Waals surface area contributed by atoms with Crippen molar-refractivity contribution in [2.75, 3.05) is 27.2 Å². The molecule has 0 aromatic rings. The van der Waals surface area contributed by atoms with Crippen molar-refractivity contribution in [2.45, 2.75) is 31.7 Å². The van der Waals surface area contributed by atoms with E-state index in [1.807, 2.05) is 6.92 Å². The Bertz CT molecular complexity index is 207. The van der Waals surface area contributed by atoms with Crippen molar-refractivity contribution < 1.29 is 0 Å². The Kier molecular flexibility index (Phi) is 4.42. The minimum absolute atomic E-state index is 0.409. The molecule has 0 atom stereocenters. The Morgan fingerprint density at radius 1 is 1.50 bits per heavy atom. The molecule has 1 aliphatic rings. The van der Waals surface area contributed by atoms with Crippen LogP contribution in [0.25, 0.3) is 0 Å². The summed E-state index contributed by atoms with van der Waals surface area (Å²) in [4.78, 5) is 2.35. The highest BCUT2D eigenvalue weighted by molar-refractivity contribution is 6.25. The lowest BCUT2D eigenvalue weighted by molar-refractivity contribution is 0.0610. The molecule has 1 fully saturated rings. The average molecular weight is 217 g/mol. The fourth-order valence-electron chi connectivity index (χ4n) is 1.90. The molecule has 0 bridgehead atoms. The highest BCUT2D eigenvalue weighted by Gasteiger charge is 2.38. The summed E-state index contributed by atoms with van der Waals surface area (Å²) in [6.45, 7) is 4.02. The molecule has 0 heterocycles. The van der Waals surface area contributed by atoms with Crippen LogP contribution in [0.1, 0.15) is 26.2 Å². The lowest BCUT2D eigenvalue weighted by Gasteiger charge is -2.47. The Hall–Kier alpha value is -0.0500. The molecular formula is C11H21ClN2. The van der Waals surface area contributed by atoms with Crippen LogP contribution in [0, 0.1) is 0 Å². The number of hydrogen-bond acceptors (Lipinski definition) is 2. The monoisotopic (exact) mass is 216 g/mol. The van der Waals surface area contributed by atoms with Gasteiger partial charge in [0.25, 0.3) is 0 Å². The summed E-state index contributed by atoms with van der Waals surface area (Å²) >= 11 is 5.60. The van der Waals surface area contributed by atoms with Gasteiger partial charge in [-0.3, -0.25) is 0 Å². The highest BCUT2D eigenvalue weighted by Crippen LogP contribution is 2.35. The van der Waals surface area contributed by atoms with E-state index in [4.69, 9.17) is 11.6 Å². The van der Waals surface area contributed by atoms with Crippen LogP contribution in [-0.2, 0) is 0 Å². The highest BCUT2D eigenvalue weighted by atomic mass is 35.5. The lowest BCUT2D eigenvalue weighted by atomic mass is 9.75. The van der Waals surface area contributed by atoms with E-state index in [1.54, 1.807) is 5.54 Å². The third kappa shape index (κ3) is 2.72. The number of halogens is 1. The van der Waals surface area contributed by atoms with Crippen LogP contribution in [0.3, 0.4) is 0 Å². The molecule has 0 aliphatic heterocycles. The maximum atomic E-state index is 5.60. The van der Waals surface area contributed by atoms with Gasteiger partial charge < -0.3 is 10.2 Å². The molecule has 1 saturated carbocycles. The molecule has 0 radical (unpaired) electrons. The van der Waals surface area contributed by atoms with Gasteiger partial charge in [-0.2, -0.15) is 0 Å². The van der Waals surface area contributed by atoms with E-state index in [1.165, 1.54) is 24.8 Å². The fourth-order valence-corrected chi connectivity index (χ4v) is 1.98. The van der Waals surface area contributed by atoms with Crippen molar-refractivity contribution in [3.05, 3.63) is 11.1 Å². The van der Waals surface area contributed by atoms with E-state index in [0.29, 0.717) is 5.54 Å². The van der Waals surface area contributed by atoms with E-state index in [0.717, 1.165) is 13.1 Å². The zero-order valence-electron chi connectivity index (χ0n) is 9.44. The number of nitrogens with zero attached hydrogens (tertiary/aromatic N) is 1. The molecule has 14 heavy (non-hydrogen) atoms. The van der Waals surface area contributed by atoms with Crippen LogP contribution in [0.4, 0.5) is 0 Å². The van der Waals surface area contributed by atoms with Crippen LogP contribution in [0.2, 0.25) is 0 Å². The molecule has 1 rings (SSSR count). The van der Waals surface area contributed by atoms with E-state index in [2.05, 4.69) is 24.3 Å². The first-order valence-corrected chi connectivity index (χ1v) is 5.68. The van der Waals surface area contributed by atoms with E-state index in [9.17, 15) is 0 Å². The quantitative estimate of drug-likeness (QED) is 0.758. The second kappa shape index (κ2) is 5.15. The third-order valence-corrected chi connectivity index (χ3v) is 3.65. The number of nitrogens with one attached hydrogen (secondary N) is 1. The van der Waals surface area contributed by atoms with Crippen molar-refractivity contribution in [1.29, 1.82) is 0 Å². The van der Waals surface area contributed by atoms with Gasteiger partial charge in [0.2, 0.25) is 0 Å². The van der Waals surface area contributed by atoms with Crippen LogP contribution < -0.4 is 5.32 Å². The van der Waals surface area contributed by atoms with Crippen molar-refractivity contribution >= 4 is 11.6 Å². The maximum absolute atomic E-state index is 5.60. The average Bonchev–Trinajstić information content (AvgIpc) is 2.08. The fraction of sp³-hybridized carbons (Fsp3) is 0.818. The normalized spacial score (nSPS) is 21.1. The summed E-state index contributed by atoms with van der Waals surface area (Å²) in [6, 6.07) is 0. The molecule has 0 aromatic heterocycles. The van der Waals surface area contributed by atoms with Crippen LogP contribution >= 0.6 is 11.6 Å². The molecule has 1 aliphatic carbocycles. The van der Waals surface area contributed by atoms with Crippen LogP contribution in [0.15, 0.2) is 11.1 Å². The minimum atomic E-state index is 0.409. The first-order valence-electron chi connectivity index (χ1n) is 5.25. The molecule has 0 unspecified atom stereocenters. The SMILES string of the molecule is CC(=CCl)CNCC1(N(C)C)CCC1. The largest absolute Gasteiger partial charge is 0.311 e. The molecule has 0 aromatic carbocycles. The van der Waals surface area contributed by atoms with E-state index in [-0.39, 0.29) is 0 Å². The molecule has 0 spiro atoms. The van der Waals surface area contributed by atoms with Gasteiger partial charge in [0.05, 0.1) is 0 Å². The van der Waals surface area contributed by atoms with Gasteiger partial charge >= 0.3 is 0 Å². The van der Waals surface area contributed by atoms with Crippen LogP contribution in [-0.4, -0.2) is 37.6 Å².